The van der Waals surface area contributed by atoms with E-state index in [1.54, 1.807) is 31.2 Å². The van der Waals surface area contributed by atoms with E-state index in [-0.39, 0.29) is 16.3 Å². The van der Waals surface area contributed by atoms with Crippen LogP contribution in [-0.2, 0) is 14.8 Å². The molecule has 0 aliphatic heterocycles. The van der Waals surface area contributed by atoms with Gasteiger partial charge in [0.25, 0.3) is 15.9 Å². The van der Waals surface area contributed by atoms with Gasteiger partial charge in [0.15, 0.2) is 6.10 Å². The summed E-state index contributed by atoms with van der Waals surface area (Å²) >= 11 is 5.81. The number of halogens is 1. The average molecular weight is 461 g/mol. The molecule has 0 bridgehead atoms. The fraction of sp³-hybridized carbons (Fsp3) is 0.136. The summed E-state index contributed by atoms with van der Waals surface area (Å²) in [4.78, 5) is 12.4. The molecule has 0 unspecified atom stereocenters. The first-order chi connectivity index (χ1) is 14.6. The average Bonchev–Trinajstić information content (AvgIpc) is 2.72. The molecule has 0 aromatic heterocycles. The van der Waals surface area contributed by atoms with Gasteiger partial charge in [0, 0.05) is 10.7 Å². The molecular weight excluding hydrogens is 440 g/mol. The van der Waals surface area contributed by atoms with E-state index in [9.17, 15) is 18.3 Å². The van der Waals surface area contributed by atoms with Gasteiger partial charge >= 0.3 is 0 Å². The molecule has 3 aromatic carbocycles. The van der Waals surface area contributed by atoms with Gasteiger partial charge in [-0.15, -0.1) is 0 Å². The zero-order chi connectivity index (χ0) is 22.6. The van der Waals surface area contributed by atoms with Gasteiger partial charge in [-0.2, -0.15) is 0 Å². The molecule has 162 valence electrons. The van der Waals surface area contributed by atoms with Crippen LogP contribution in [0.4, 0.5) is 11.4 Å². The lowest BCUT2D eigenvalue weighted by molar-refractivity contribution is -0.122. The summed E-state index contributed by atoms with van der Waals surface area (Å²) in [6, 6.07) is 16.9. The van der Waals surface area contributed by atoms with Crippen LogP contribution >= 0.6 is 11.6 Å². The predicted molar refractivity (Wildman–Crippen MR) is 120 cm³/mol. The molecule has 1 amide bonds. The first-order valence-corrected chi connectivity index (χ1v) is 11.2. The third kappa shape index (κ3) is 5.90. The maximum atomic E-state index is 12.7. The van der Waals surface area contributed by atoms with Crippen LogP contribution in [0.1, 0.15) is 12.5 Å². The van der Waals surface area contributed by atoms with Gasteiger partial charge < -0.3 is 15.2 Å². The highest BCUT2D eigenvalue weighted by Gasteiger charge is 2.20. The zero-order valence-corrected chi connectivity index (χ0v) is 18.4. The molecule has 0 saturated heterocycles. The van der Waals surface area contributed by atoms with Crippen LogP contribution in [0, 0.1) is 6.92 Å². The van der Waals surface area contributed by atoms with Gasteiger partial charge in [0.2, 0.25) is 0 Å². The van der Waals surface area contributed by atoms with Gasteiger partial charge in [0.05, 0.1) is 10.6 Å². The number of phenolic OH excluding ortho intramolecular Hbond substituents is 1. The van der Waals surface area contributed by atoms with Gasteiger partial charge in [-0.05, 0) is 68.4 Å². The highest BCUT2D eigenvalue weighted by atomic mass is 35.5. The third-order valence-electron chi connectivity index (χ3n) is 4.34. The first kappa shape index (κ1) is 22.5. The number of anilines is 2. The molecule has 3 aromatic rings. The maximum Gasteiger partial charge on any atom is 0.265 e. The first-order valence-electron chi connectivity index (χ1n) is 9.29. The summed E-state index contributed by atoms with van der Waals surface area (Å²) in [6.45, 7) is 3.49. The normalized spacial score (nSPS) is 12.1. The molecule has 7 nitrogen and oxygen atoms in total. The minimum atomic E-state index is -3.96. The van der Waals surface area contributed by atoms with Gasteiger partial charge in [-0.3, -0.25) is 9.52 Å². The topological polar surface area (TPSA) is 105 Å². The van der Waals surface area contributed by atoms with Crippen molar-refractivity contribution in [1.29, 1.82) is 0 Å². The Kier molecular flexibility index (Phi) is 6.72. The number of benzene rings is 3. The Morgan fingerprint density at radius 1 is 1.03 bits per heavy atom. The van der Waals surface area contributed by atoms with Crippen molar-refractivity contribution in [2.45, 2.75) is 24.8 Å². The van der Waals surface area contributed by atoms with Crippen molar-refractivity contribution in [2.24, 2.45) is 0 Å². The van der Waals surface area contributed by atoms with Crippen LogP contribution in [-0.4, -0.2) is 25.5 Å². The van der Waals surface area contributed by atoms with Crippen molar-refractivity contribution in [3.8, 4) is 11.5 Å². The van der Waals surface area contributed by atoms with Crippen molar-refractivity contribution in [3.63, 3.8) is 0 Å². The third-order valence-corrected chi connectivity index (χ3v) is 5.97. The number of amides is 1. The molecule has 0 radical (unpaired) electrons. The number of phenols is 1. The van der Waals surface area contributed by atoms with E-state index in [2.05, 4.69) is 10.0 Å². The maximum absolute atomic E-state index is 12.7. The van der Waals surface area contributed by atoms with Gasteiger partial charge in [0.1, 0.15) is 11.5 Å². The Labute approximate surface area is 185 Å². The number of hydrogen-bond acceptors (Lipinski definition) is 5. The summed E-state index contributed by atoms with van der Waals surface area (Å²) in [6.07, 6.45) is -0.880. The summed E-state index contributed by atoms with van der Waals surface area (Å²) in [5.74, 6) is -0.307. The molecule has 0 spiro atoms. The number of carbonyl (C=O) groups is 1. The van der Waals surface area contributed by atoms with E-state index in [0.717, 1.165) is 5.56 Å². The van der Waals surface area contributed by atoms with Crippen molar-refractivity contribution in [1.82, 2.24) is 0 Å². The van der Waals surface area contributed by atoms with Crippen LogP contribution in [0.25, 0.3) is 0 Å². The quantitative estimate of drug-likeness (QED) is 0.448. The summed E-state index contributed by atoms with van der Waals surface area (Å²) in [5, 5.41) is 13.1. The fourth-order valence-corrected chi connectivity index (χ4v) is 3.83. The van der Waals surface area contributed by atoms with Gasteiger partial charge in [-0.1, -0.05) is 29.3 Å². The zero-order valence-electron chi connectivity index (χ0n) is 16.8. The molecule has 3 rings (SSSR count). The number of aryl methyl sites for hydroxylation is 1. The van der Waals surface area contributed by atoms with Crippen molar-refractivity contribution in [3.05, 3.63) is 77.3 Å². The molecule has 31 heavy (non-hydrogen) atoms. The Hall–Kier alpha value is -3.23. The van der Waals surface area contributed by atoms with Crippen LogP contribution in [0.5, 0.6) is 11.5 Å². The number of aromatic hydroxyl groups is 1. The second kappa shape index (κ2) is 9.28. The van der Waals surface area contributed by atoms with Crippen molar-refractivity contribution >= 4 is 38.9 Å². The molecule has 0 fully saturated rings. The van der Waals surface area contributed by atoms with Crippen LogP contribution < -0.4 is 14.8 Å². The standard InChI is InChI=1S/C22H21ClN2O5S/c1-14-3-9-18(10-4-14)30-15(2)22(27)24-20-13-19(11-12-21(20)26)31(28,29)25-17-7-5-16(23)6-8-17/h3-13,15,25-26H,1-2H3,(H,24,27)/t15-/m0/s1. The largest absolute Gasteiger partial charge is 0.506 e. The van der Waals surface area contributed by atoms with Gasteiger partial charge in [-0.25, -0.2) is 8.42 Å². The SMILES string of the molecule is Cc1ccc(O[C@@H](C)C(=O)Nc2cc(S(=O)(=O)Nc3ccc(Cl)cc3)ccc2O)cc1. The Balaban J connectivity index is 1.74. The van der Waals surface area contributed by atoms with E-state index in [1.165, 1.54) is 30.3 Å². The Bertz CT molecular complexity index is 1180. The lowest BCUT2D eigenvalue weighted by Crippen LogP contribution is -2.30. The highest BCUT2D eigenvalue weighted by molar-refractivity contribution is 7.92. The summed E-state index contributed by atoms with van der Waals surface area (Å²) in [7, 11) is -3.96. The molecule has 1 atom stereocenters. The number of hydrogen-bond donors (Lipinski definition) is 3. The molecule has 0 aliphatic carbocycles. The lowest BCUT2D eigenvalue weighted by atomic mass is 10.2. The molecule has 0 aliphatic rings. The second-order valence-corrected chi connectivity index (χ2v) is 8.97. The van der Waals surface area contributed by atoms with E-state index in [4.69, 9.17) is 16.3 Å². The fourth-order valence-electron chi connectivity index (χ4n) is 2.62. The van der Waals surface area contributed by atoms with E-state index in [1.807, 2.05) is 19.1 Å². The minimum Gasteiger partial charge on any atom is -0.506 e. The van der Waals surface area contributed by atoms with Crippen LogP contribution in [0.3, 0.4) is 0 Å². The number of carbonyl (C=O) groups excluding carboxylic acids is 1. The lowest BCUT2D eigenvalue weighted by Gasteiger charge is -2.16. The number of ether oxygens (including phenoxy) is 1. The summed E-state index contributed by atoms with van der Waals surface area (Å²) in [5.41, 5.74) is 1.33. The Morgan fingerprint density at radius 2 is 1.68 bits per heavy atom. The number of rotatable bonds is 7. The number of sulfonamides is 1. The molecule has 0 saturated carbocycles. The smallest absolute Gasteiger partial charge is 0.265 e. The molecular formula is C22H21ClN2O5S. The van der Waals surface area contributed by atoms with E-state index >= 15 is 0 Å². The van der Waals surface area contributed by atoms with E-state index < -0.39 is 22.0 Å². The van der Waals surface area contributed by atoms with Crippen molar-refractivity contribution in [2.75, 3.05) is 10.0 Å². The highest BCUT2D eigenvalue weighted by Crippen LogP contribution is 2.28. The van der Waals surface area contributed by atoms with E-state index in [0.29, 0.717) is 16.5 Å². The minimum absolute atomic E-state index is 0.0525. The number of nitrogens with one attached hydrogen (secondary N) is 2. The summed E-state index contributed by atoms with van der Waals surface area (Å²) < 4.78 is 33.4. The monoisotopic (exact) mass is 460 g/mol. The van der Waals surface area contributed by atoms with Crippen LogP contribution in [0.2, 0.25) is 5.02 Å². The predicted octanol–water partition coefficient (Wildman–Crippen LogP) is 4.56. The molecule has 0 heterocycles. The van der Waals surface area contributed by atoms with Crippen molar-refractivity contribution < 1.29 is 23.1 Å². The molecule has 9 heteroatoms. The molecule has 3 N–H and O–H groups in total. The Morgan fingerprint density at radius 3 is 2.32 bits per heavy atom. The second-order valence-electron chi connectivity index (χ2n) is 6.85. The van der Waals surface area contributed by atoms with Crippen LogP contribution in [0.15, 0.2) is 71.6 Å².